The van der Waals surface area contributed by atoms with E-state index in [-0.39, 0.29) is 11.9 Å². The first kappa shape index (κ1) is 15.7. The van der Waals surface area contributed by atoms with E-state index in [4.69, 9.17) is 5.73 Å². The van der Waals surface area contributed by atoms with Gasteiger partial charge >= 0.3 is 0 Å². The molecule has 0 aliphatic carbocycles. The summed E-state index contributed by atoms with van der Waals surface area (Å²) in [6, 6.07) is 7.87. The summed E-state index contributed by atoms with van der Waals surface area (Å²) in [5.41, 5.74) is 9.12. The van der Waals surface area contributed by atoms with Crippen molar-refractivity contribution < 1.29 is 4.79 Å². The molecule has 3 rings (SSSR count). The average Bonchev–Trinajstić information content (AvgIpc) is 3.04. The van der Waals surface area contributed by atoms with Gasteiger partial charge in [-0.25, -0.2) is 4.98 Å². The van der Waals surface area contributed by atoms with E-state index < -0.39 is 6.04 Å². The molecular formula is C18H24N4O. The van der Waals surface area contributed by atoms with Crippen molar-refractivity contribution >= 4 is 5.91 Å². The maximum Gasteiger partial charge on any atom is 0.239 e. The van der Waals surface area contributed by atoms with Crippen molar-refractivity contribution in [3.05, 3.63) is 41.9 Å². The highest BCUT2D eigenvalue weighted by atomic mass is 16.2. The second-order valence-electron chi connectivity index (χ2n) is 6.38. The molecule has 0 spiro atoms. The number of carbonyl (C=O) groups is 1. The minimum absolute atomic E-state index is 0.00134. The van der Waals surface area contributed by atoms with E-state index in [9.17, 15) is 4.79 Å². The molecule has 1 aliphatic heterocycles. The van der Waals surface area contributed by atoms with Crippen molar-refractivity contribution in [3.63, 3.8) is 0 Å². The van der Waals surface area contributed by atoms with Crippen molar-refractivity contribution in [2.24, 2.45) is 5.73 Å². The lowest BCUT2D eigenvalue weighted by Gasteiger charge is -2.35. The number of H-pyrrole nitrogens is 1. The number of benzene rings is 1. The lowest BCUT2D eigenvalue weighted by Crippen LogP contribution is -2.46. The van der Waals surface area contributed by atoms with Gasteiger partial charge in [-0.15, -0.1) is 0 Å². The van der Waals surface area contributed by atoms with Gasteiger partial charge in [0.05, 0.1) is 24.0 Å². The fraction of sp³-hybridized carbons (Fsp3) is 0.444. The largest absolute Gasteiger partial charge is 0.340 e. The van der Waals surface area contributed by atoms with Crippen LogP contribution in [-0.2, 0) is 4.79 Å². The summed E-state index contributed by atoms with van der Waals surface area (Å²) in [5.74, 6) is 0.859. The second kappa shape index (κ2) is 6.54. The Hall–Kier alpha value is -2.14. The number of nitrogens with two attached hydrogens (primary N) is 1. The van der Waals surface area contributed by atoms with Crippen LogP contribution in [0.5, 0.6) is 0 Å². The molecule has 1 aromatic heterocycles. The van der Waals surface area contributed by atoms with Crippen LogP contribution in [0.25, 0.3) is 11.3 Å². The van der Waals surface area contributed by atoms with E-state index in [0.717, 1.165) is 42.9 Å². The average molecular weight is 312 g/mol. The van der Waals surface area contributed by atoms with Crippen LogP contribution >= 0.6 is 0 Å². The molecule has 2 unspecified atom stereocenters. The van der Waals surface area contributed by atoms with E-state index in [1.807, 2.05) is 11.1 Å². The van der Waals surface area contributed by atoms with E-state index >= 15 is 0 Å². The van der Waals surface area contributed by atoms with Gasteiger partial charge in [0.2, 0.25) is 5.91 Å². The number of likely N-dealkylation sites (tertiary alicyclic amines) is 1. The lowest BCUT2D eigenvalue weighted by atomic mass is 10.0. The normalized spacial score (nSPS) is 19.6. The molecule has 2 heterocycles. The molecule has 0 radical (unpaired) electrons. The number of hydrogen-bond acceptors (Lipinski definition) is 3. The third-order valence-electron chi connectivity index (χ3n) is 4.45. The van der Waals surface area contributed by atoms with Crippen molar-refractivity contribution in [2.45, 2.75) is 45.2 Å². The number of nitrogens with zero attached hydrogens (tertiary/aromatic N) is 2. The number of piperidine rings is 1. The second-order valence-corrected chi connectivity index (χ2v) is 6.38. The van der Waals surface area contributed by atoms with E-state index in [2.05, 4.69) is 41.2 Å². The lowest BCUT2D eigenvalue weighted by molar-refractivity contribution is -0.136. The first-order valence-electron chi connectivity index (χ1n) is 8.24. The van der Waals surface area contributed by atoms with Crippen LogP contribution < -0.4 is 5.73 Å². The number of aromatic amines is 1. The molecule has 1 amide bonds. The number of carbonyl (C=O) groups excluding carboxylic acids is 1. The Morgan fingerprint density at radius 3 is 2.78 bits per heavy atom. The molecule has 5 heteroatoms. The predicted molar refractivity (Wildman–Crippen MR) is 90.7 cm³/mol. The number of rotatable bonds is 3. The first-order chi connectivity index (χ1) is 11.1. The molecule has 122 valence electrons. The van der Waals surface area contributed by atoms with E-state index in [0.29, 0.717) is 0 Å². The van der Waals surface area contributed by atoms with E-state index in [1.165, 1.54) is 5.56 Å². The highest BCUT2D eigenvalue weighted by molar-refractivity contribution is 5.81. The molecule has 2 aromatic rings. The van der Waals surface area contributed by atoms with Gasteiger partial charge in [-0.05, 0) is 38.7 Å². The fourth-order valence-corrected chi connectivity index (χ4v) is 3.13. The zero-order valence-electron chi connectivity index (χ0n) is 13.7. The predicted octanol–water partition coefficient (Wildman–Crippen LogP) is 2.79. The Bertz CT molecular complexity index is 675. The van der Waals surface area contributed by atoms with Crippen LogP contribution in [0.15, 0.2) is 30.5 Å². The molecule has 0 bridgehead atoms. The molecule has 3 N–H and O–H groups in total. The summed E-state index contributed by atoms with van der Waals surface area (Å²) in [7, 11) is 0. The van der Waals surface area contributed by atoms with Gasteiger partial charge in [-0.2, -0.15) is 0 Å². The molecule has 1 aromatic carbocycles. The topological polar surface area (TPSA) is 75.0 Å². The molecule has 1 fully saturated rings. The SMILES string of the molecule is Cc1ccc(-c2cnc(C3CCCCN3C(=O)C(C)N)[nH]2)cc1. The molecule has 1 saturated heterocycles. The van der Waals surface area contributed by atoms with Gasteiger partial charge in [0, 0.05) is 6.54 Å². The van der Waals surface area contributed by atoms with Crippen molar-refractivity contribution in [3.8, 4) is 11.3 Å². The highest BCUT2D eigenvalue weighted by Gasteiger charge is 2.31. The zero-order chi connectivity index (χ0) is 16.4. The van der Waals surface area contributed by atoms with Crippen LogP contribution in [0.1, 0.15) is 43.6 Å². The van der Waals surface area contributed by atoms with E-state index in [1.54, 1.807) is 6.92 Å². The van der Waals surface area contributed by atoms with Gasteiger partial charge in [0.1, 0.15) is 5.82 Å². The monoisotopic (exact) mass is 312 g/mol. The summed E-state index contributed by atoms with van der Waals surface area (Å²) < 4.78 is 0. The fourth-order valence-electron chi connectivity index (χ4n) is 3.13. The van der Waals surface area contributed by atoms with Crippen LogP contribution in [0.4, 0.5) is 0 Å². The Labute approximate surface area is 136 Å². The maximum absolute atomic E-state index is 12.4. The summed E-state index contributed by atoms with van der Waals surface area (Å²) in [4.78, 5) is 22.2. The summed E-state index contributed by atoms with van der Waals surface area (Å²) in [5, 5.41) is 0. The minimum Gasteiger partial charge on any atom is -0.340 e. The van der Waals surface area contributed by atoms with Gasteiger partial charge in [-0.3, -0.25) is 4.79 Å². The van der Waals surface area contributed by atoms with Gasteiger partial charge in [-0.1, -0.05) is 29.8 Å². The molecule has 5 nitrogen and oxygen atoms in total. The first-order valence-corrected chi connectivity index (χ1v) is 8.24. The smallest absolute Gasteiger partial charge is 0.239 e. The number of nitrogens with one attached hydrogen (secondary N) is 1. The zero-order valence-corrected chi connectivity index (χ0v) is 13.7. The Balaban J connectivity index is 1.85. The molecular weight excluding hydrogens is 288 g/mol. The number of hydrogen-bond donors (Lipinski definition) is 2. The number of aryl methyl sites for hydroxylation is 1. The van der Waals surface area contributed by atoms with Gasteiger partial charge in [0.15, 0.2) is 0 Å². The molecule has 2 atom stereocenters. The third kappa shape index (κ3) is 3.29. The Morgan fingerprint density at radius 1 is 1.35 bits per heavy atom. The van der Waals surface area contributed by atoms with Crippen molar-refractivity contribution in [1.29, 1.82) is 0 Å². The van der Waals surface area contributed by atoms with Gasteiger partial charge < -0.3 is 15.6 Å². The van der Waals surface area contributed by atoms with Crippen LogP contribution in [-0.4, -0.2) is 33.4 Å². The molecule has 0 saturated carbocycles. The summed E-state index contributed by atoms with van der Waals surface area (Å²) >= 11 is 0. The van der Waals surface area contributed by atoms with Crippen LogP contribution in [0.2, 0.25) is 0 Å². The summed E-state index contributed by atoms with van der Waals surface area (Å²) in [6.07, 6.45) is 4.91. The van der Waals surface area contributed by atoms with Crippen molar-refractivity contribution in [1.82, 2.24) is 14.9 Å². The quantitative estimate of drug-likeness (QED) is 0.915. The number of amides is 1. The minimum atomic E-state index is -0.470. The summed E-state index contributed by atoms with van der Waals surface area (Å²) in [6.45, 7) is 4.57. The van der Waals surface area contributed by atoms with Gasteiger partial charge in [0.25, 0.3) is 0 Å². The number of aromatic nitrogens is 2. The standard InChI is InChI=1S/C18H24N4O/c1-12-6-8-14(9-7-12)15-11-20-17(21-15)16-5-3-4-10-22(16)18(23)13(2)19/h6-9,11,13,16H,3-5,10,19H2,1-2H3,(H,20,21). The molecule has 23 heavy (non-hydrogen) atoms. The van der Waals surface area contributed by atoms with Crippen LogP contribution in [0, 0.1) is 6.92 Å². The molecule has 1 aliphatic rings. The number of imidazole rings is 1. The Morgan fingerprint density at radius 2 is 2.09 bits per heavy atom. The maximum atomic E-state index is 12.4. The van der Waals surface area contributed by atoms with Crippen LogP contribution in [0.3, 0.4) is 0 Å². The third-order valence-corrected chi connectivity index (χ3v) is 4.45. The Kier molecular flexibility index (Phi) is 4.48. The van der Waals surface area contributed by atoms with Crippen molar-refractivity contribution in [2.75, 3.05) is 6.54 Å². The highest BCUT2D eigenvalue weighted by Crippen LogP contribution is 2.31.